The Balaban J connectivity index is 1.62. The number of Topliss-reactive ketones (excluding diaryl/α,β-unsaturated/α-hetero) is 1. The molecule has 0 bridgehead atoms. The molecule has 27 heavy (non-hydrogen) atoms. The van der Waals surface area contributed by atoms with E-state index in [1.54, 1.807) is 12.4 Å². The van der Waals surface area contributed by atoms with Crippen LogP contribution in [0.1, 0.15) is 41.2 Å². The van der Waals surface area contributed by atoms with Gasteiger partial charge < -0.3 is 4.74 Å². The fourth-order valence-electron chi connectivity index (χ4n) is 4.09. The monoisotopic (exact) mass is 359 g/mol. The van der Waals surface area contributed by atoms with E-state index in [1.165, 1.54) is 0 Å². The van der Waals surface area contributed by atoms with Gasteiger partial charge >= 0.3 is 0 Å². The standard InChI is InChI=1S/C22H21N3O2/c26-21-4-2-16-13-17(1-3-19(16)21)20-14-25(18-7-11-27-12-8-18)24-22(20)15-5-9-23-10-6-15/h1,3,5-6,9-10,13-14,18H,2,4,7-8,11-12H2. The zero-order chi connectivity index (χ0) is 18.2. The predicted molar refractivity (Wildman–Crippen MR) is 103 cm³/mol. The highest BCUT2D eigenvalue weighted by atomic mass is 16.5. The lowest BCUT2D eigenvalue weighted by Crippen LogP contribution is -2.19. The molecule has 1 aliphatic heterocycles. The first-order valence-electron chi connectivity index (χ1n) is 9.53. The van der Waals surface area contributed by atoms with E-state index < -0.39 is 0 Å². The van der Waals surface area contributed by atoms with Crippen LogP contribution in [0.3, 0.4) is 0 Å². The lowest BCUT2D eigenvalue weighted by atomic mass is 9.98. The van der Waals surface area contributed by atoms with Crippen molar-refractivity contribution in [3.05, 3.63) is 60.0 Å². The molecular weight excluding hydrogens is 338 g/mol. The van der Waals surface area contributed by atoms with Crippen molar-refractivity contribution < 1.29 is 9.53 Å². The molecule has 3 aromatic rings. The number of ether oxygens (including phenoxy) is 1. The van der Waals surface area contributed by atoms with E-state index in [0.29, 0.717) is 12.5 Å². The number of carbonyl (C=O) groups excluding carboxylic acids is 1. The van der Waals surface area contributed by atoms with Crippen LogP contribution in [0.5, 0.6) is 0 Å². The number of hydrogen-bond acceptors (Lipinski definition) is 4. The normalized spacial score (nSPS) is 17.3. The summed E-state index contributed by atoms with van der Waals surface area (Å²) >= 11 is 0. The maximum atomic E-state index is 12.0. The van der Waals surface area contributed by atoms with Crippen LogP contribution in [0.15, 0.2) is 48.9 Å². The Morgan fingerprint density at radius 3 is 2.59 bits per heavy atom. The number of aromatic nitrogens is 3. The average molecular weight is 359 g/mol. The fourth-order valence-corrected chi connectivity index (χ4v) is 4.09. The van der Waals surface area contributed by atoms with Crippen LogP contribution in [0.2, 0.25) is 0 Å². The first-order valence-corrected chi connectivity index (χ1v) is 9.53. The molecule has 0 spiro atoms. The summed E-state index contributed by atoms with van der Waals surface area (Å²) in [6, 6.07) is 10.5. The molecule has 2 aromatic heterocycles. The Hall–Kier alpha value is -2.79. The molecule has 0 atom stereocenters. The maximum absolute atomic E-state index is 12.0. The zero-order valence-corrected chi connectivity index (χ0v) is 15.1. The largest absolute Gasteiger partial charge is 0.381 e. The molecule has 0 amide bonds. The highest BCUT2D eigenvalue weighted by Gasteiger charge is 2.23. The van der Waals surface area contributed by atoms with Gasteiger partial charge in [-0.05, 0) is 42.5 Å². The number of nitrogens with zero attached hydrogens (tertiary/aromatic N) is 3. The minimum absolute atomic E-state index is 0.254. The first-order chi connectivity index (χ1) is 13.3. The molecule has 1 saturated heterocycles. The van der Waals surface area contributed by atoms with Crippen molar-refractivity contribution in [2.24, 2.45) is 0 Å². The number of carbonyl (C=O) groups is 1. The van der Waals surface area contributed by atoms with Crippen molar-refractivity contribution in [1.29, 1.82) is 0 Å². The van der Waals surface area contributed by atoms with Crippen molar-refractivity contribution in [2.75, 3.05) is 13.2 Å². The molecule has 1 aromatic carbocycles. The van der Waals surface area contributed by atoms with Gasteiger partial charge in [0, 0.05) is 54.9 Å². The maximum Gasteiger partial charge on any atom is 0.163 e. The van der Waals surface area contributed by atoms with Crippen LogP contribution in [-0.4, -0.2) is 33.8 Å². The number of rotatable bonds is 3. The van der Waals surface area contributed by atoms with Crippen LogP contribution in [-0.2, 0) is 11.2 Å². The van der Waals surface area contributed by atoms with Crippen molar-refractivity contribution in [1.82, 2.24) is 14.8 Å². The number of aryl methyl sites for hydroxylation is 1. The lowest BCUT2D eigenvalue weighted by Gasteiger charge is -2.22. The predicted octanol–water partition coefficient (Wildman–Crippen LogP) is 4.09. The van der Waals surface area contributed by atoms with Gasteiger partial charge in [0.05, 0.1) is 6.04 Å². The third-order valence-corrected chi connectivity index (χ3v) is 5.59. The summed E-state index contributed by atoms with van der Waals surface area (Å²) in [6.07, 6.45) is 9.18. The quantitative estimate of drug-likeness (QED) is 0.707. The zero-order valence-electron chi connectivity index (χ0n) is 15.1. The number of hydrogen-bond donors (Lipinski definition) is 0. The minimum Gasteiger partial charge on any atom is -0.381 e. The molecule has 0 radical (unpaired) electrons. The molecule has 2 aliphatic rings. The second kappa shape index (κ2) is 6.74. The van der Waals surface area contributed by atoms with E-state index in [0.717, 1.165) is 66.0 Å². The first kappa shape index (κ1) is 16.4. The summed E-state index contributed by atoms with van der Waals surface area (Å²) in [6.45, 7) is 1.57. The Bertz CT molecular complexity index is 988. The van der Waals surface area contributed by atoms with Gasteiger partial charge in [0.2, 0.25) is 0 Å². The van der Waals surface area contributed by atoms with Crippen LogP contribution in [0.25, 0.3) is 22.4 Å². The van der Waals surface area contributed by atoms with Gasteiger partial charge in [-0.15, -0.1) is 0 Å². The van der Waals surface area contributed by atoms with Crippen molar-refractivity contribution in [3.63, 3.8) is 0 Å². The van der Waals surface area contributed by atoms with Crippen molar-refractivity contribution >= 4 is 5.78 Å². The SMILES string of the molecule is O=C1CCc2cc(-c3cn(C4CCOCC4)nc3-c3ccncc3)ccc21. The summed E-state index contributed by atoms with van der Waals surface area (Å²) in [5, 5.41) is 4.96. The molecule has 0 N–H and O–H groups in total. The van der Waals surface area contributed by atoms with E-state index in [4.69, 9.17) is 9.84 Å². The van der Waals surface area contributed by atoms with Gasteiger partial charge in [0.1, 0.15) is 5.69 Å². The Labute approximate surface area is 158 Å². The molecular formula is C22H21N3O2. The highest BCUT2D eigenvalue weighted by Crippen LogP contribution is 2.35. The van der Waals surface area contributed by atoms with Crippen LogP contribution in [0.4, 0.5) is 0 Å². The van der Waals surface area contributed by atoms with Gasteiger partial charge in [-0.3, -0.25) is 14.5 Å². The lowest BCUT2D eigenvalue weighted by molar-refractivity contribution is 0.0663. The number of fused-ring (bicyclic) bond motifs is 1. The molecule has 1 aliphatic carbocycles. The van der Waals surface area contributed by atoms with E-state index in [9.17, 15) is 4.79 Å². The third kappa shape index (κ3) is 2.98. The van der Waals surface area contributed by atoms with Crippen LogP contribution < -0.4 is 0 Å². The van der Waals surface area contributed by atoms with Crippen molar-refractivity contribution in [3.8, 4) is 22.4 Å². The molecule has 0 unspecified atom stereocenters. The molecule has 5 nitrogen and oxygen atoms in total. The minimum atomic E-state index is 0.254. The molecule has 5 heteroatoms. The number of ketones is 1. The molecule has 5 rings (SSSR count). The highest BCUT2D eigenvalue weighted by molar-refractivity contribution is 6.01. The van der Waals surface area contributed by atoms with E-state index >= 15 is 0 Å². The van der Waals surface area contributed by atoms with E-state index in [1.807, 2.05) is 18.2 Å². The van der Waals surface area contributed by atoms with Gasteiger partial charge in [-0.1, -0.05) is 18.2 Å². The topological polar surface area (TPSA) is 57.0 Å². The Morgan fingerprint density at radius 2 is 1.78 bits per heavy atom. The summed E-state index contributed by atoms with van der Waals surface area (Å²) in [4.78, 5) is 16.1. The summed E-state index contributed by atoms with van der Waals surface area (Å²) in [5.74, 6) is 0.254. The van der Waals surface area contributed by atoms with E-state index in [-0.39, 0.29) is 5.78 Å². The Morgan fingerprint density at radius 1 is 0.963 bits per heavy atom. The van der Waals surface area contributed by atoms with E-state index in [2.05, 4.69) is 28.0 Å². The van der Waals surface area contributed by atoms with Gasteiger partial charge in [0.25, 0.3) is 0 Å². The molecule has 1 fully saturated rings. The van der Waals surface area contributed by atoms with Crippen LogP contribution in [0, 0.1) is 0 Å². The summed E-state index contributed by atoms with van der Waals surface area (Å²) < 4.78 is 7.61. The number of benzene rings is 1. The van der Waals surface area contributed by atoms with Gasteiger partial charge in [-0.25, -0.2) is 0 Å². The molecule has 0 saturated carbocycles. The smallest absolute Gasteiger partial charge is 0.163 e. The van der Waals surface area contributed by atoms with Crippen LogP contribution >= 0.6 is 0 Å². The Kier molecular flexibility index (Phi) is 4.09. The van der Waals surface area contributed by atoms with Gasteiger partial charge in [-0.2, -0.15) is 5.10 Å². The fraction of sp³-hybridized carbons (Fsp3) is 0.318. The van der Waals surface area contributed by atoms with Gasteiger partial charge in [0.15, 0.2) is 5.78 Å². The van der Waals surface area contributed by atoms with Crippen molar-refractivity contribution in [2.45, 2.75) is 31.7 Å². The second-order valence-corrected chi connectivity index (χ2v) is 7.25. The number of pyridine rings is 1. The second-order valence-electron chi connectivity index (χ2n) is 7.25. The third-order valence-electron chi connectivity index (χ3n) is 5.59. The molecule has 3 heterocycles. The molecule has 136 valence electrons. The summed E-state index contributed by atoms with van der Waals surface area (Å²) in [5.41, 5.74) is 6.27. The summed E-state index contributed by atoms with van der Waals surface area (Å²) in [7, 11) is 0. The average Bonchev–Trinajstić information content (AvgIpc) is 3.33.